The van der Waals surface area contributed by atoms with Crippen molar-refractivity contribution in [1.29, 1.82) is 0 Å². The van der Waals surface area contributed by atoms with Crippen LogP contribution in [-0.2, 0) is 9.47 Å². The molecule has 0 aliphatic rings. The quantitative estimate of drug-likeness (QED) is 0.687. The molecule has 0 aliphatic heterocycles. The van der Waals surface area contributed by atoms with Gasteiger partial charge in [0.25, 0.3) is 0 Å². The summed E-state index contributed by atoms with van der Waals surface area (Å²) in [6.07, 6.45) is 1.01. The van der Waals surface area contributed by atoms with Gasteiger partial charge < -0.3 is 14.8 Å². The van der Waals surface area contributed by atoms with Crippen LogP contribution in [0.15, 0.2) is 24.3 Å². The molecule has 0 amide bonds. The van der Waals surface area contributed by atoms with Gasteiger partial charge in [-0.2, -0.15) is 0 Å². The Morgan fingerprint density at radius 2 is 1.81 bits per heavy atom. The van der Waals surface area contributed by atoms with Crippen LogP contribution in [0.5, 0.6) is 0 Å². The van der Waals surface area contributed by atoms with Crippen LogP contribution in [0.1, 0.15) is 12.0 Å². The first-order valence-electron chi connectivity index (χ1n) is 5.70. The lowest BCUT2D eigenvalue weighted by molar-refractivity contribution is 0.0705. The number of methoxy groups -OCH3 is 1. The van der Waals surface area contributed by atoms with E-state index in [4.69, 9.17) is 9.47 Å². The molecule has 0 saturated carbocycles. The molecule has 1 rings (SSSR count). The Balaban J connectivity index is 2.01. The van der Waals surface area contributed by atoms with Gasteiger partial charge in [0.2, 0.25) is 0 Å². The lowest BCUT2D eigenvalue weighted by Gasteiger charge is -2.07. The van der Waals surface area contributed by atoms with Crippen molar-refractivity contribution in [2.75, 3.05) is 38.8 Å². The molecule has 16 heavy (non-hydrogen) atoms. The monoisotopic (exact) mass is 223 g/mol. The maximum atomic E-state index is 5.37. The third-order valence-corrected chi connectivity index (χ3v) is 2.28. The molecule has 0 saturated heterocycles. The summed E-state index contributed by atoms with van der Waals surface area (Å²) >= 11 is 0. The van der Waals surface area contributed by atoms with E-state index in [1.807, 2.05) is 0 Å². The smallest absolute Gasteiger partial charge is 0.0700 e. The number of ether oxygens (including phenoxy) is 2. The first kappa shape index (κ1) is 13.0. The Morgan fingerprint density at radius 1 is 1.06 bits per heavy atom. The Bertz CT molecular complexity index is 272. The van der Waals surface area contributed by atoms with Crippen molar-refractivity contribution in [2.24, 2.45) is 0 Å². The second-order valence-corrected chi connectivity index (χ2v) is 3.75. The van der Waals surface area contributed by atoms with Gasteiger partial charge in [0.1, 0.15) is 0 Å². The van der Waals surface area contributed by atoms with Gasteiger partial charge in [0.05, 0.1) is 13.2 Å². The summed E-state index contributed by atoms with van der Waals surface area (Å²) in [6.45, 7) is 5.16. The number of hydrogen-bond donors (Lipinski definition) is 1. The van der Waals surface area contributed by atoms with Gasteiger partial charge in [0.15, 0.2) is 0 Å². The van der Waals surface area contributed by atoms with Crippen molar-refractivity contribution in [1.82, 2.24) is 0 Å². The van der Waals surface area contributed by atoms with Crippen LogP contribution in [0.4, 0.5) is 5.69 Å². The number of nitrogens with one attached hydrogen (secondary N) is 1. The van der Waals surface area contributed by atoms with Crippen LogP contribution in [-0.4, -0.2) is 33.5 Å². The highest BCUT2D eigenvalue weighted by Gasteiger charge is 1.92. The first-order valence-corrected chi connectivity index (χ1v) is 5.70. The molecule has 1 aromatic carbocycles. The third-order valence-electron chi connectivity index (χ3n) is 2.28. The van der Waals surface area contributed by atoms with Crippen molar-refractivity contribution in [3.63, 3.8) is 0 Å². The molecule has 0 bridgehead atoms. The Hall–Kier alpha value is -1.06. The molecule has 0 atom stereocenters. The Morgan fingerprint density at radius 3 is 2.50 bits per heavy atom. The number of rotatable bonds is 8. The van der Waals surface area contributed by atoms with Crippen LogP contribution in [0, 0.1) is 6.92 Å². The Kier molecular flexibility index (Phi) is 6.61. The van der Waals surface area contributed by atoms with Gasteiger partial charge >= 0.3 is 0 Å². The standard InChI is InChI=1S/C13H21NO2/c1-12-4-6-13(7-5-12)14-8-3-9-16-11-10-15-2/h4-7,14H,3,8-11H2,1-2H3. The van der Waals surface area contributed by atoms with Crippen LogP contribution in [0.2, 0.25) is 0 Å². The zero-order chi connectivity index (χ0) is 11.6. The van der Waals surface area contributed by atoms with E-state index in [0.717, 1.165) is 19.6 Å². The van der Waals surface area contributed by atoms with E-state index in [2.05, 4.69) is 36.5 Å². The minimum Gasteiger partial charge on any atom is -0.385 e. The normalized spacial score (nSPS) is 10.4. The highest BCUT2D eigenvalue weighted by Crippen LogP contribution is 2.08. The maximum Gasteiger partial charge on any atom is 0.0700 e. The average molecular weight is 223 g/mol. The zero-order valence-electron chi connectivity index (χ0n) is 10.2. The van der Waals surface area contributed by atoms with E-state index in [1.165, 1.54) is 11.3 Å². The molecule has 1 aromatic rings. The fraction of sp³-hybridized carbons (Fsp3) is 0.538. The van der Waals surface area contributed by atoms with Crippen LogP contribution >= 0.6 is 0 Å². The lowest BCUT2D eigenvalue weighted by atomic mass is 10.2. The highest BCUT2D eigenvalue weighted by atomic mass is 16.5. The molecule has 0 aliphatic carbocycles. The summed E-state index contributed by atoms with van der Waals surface area (Å²) in [5.74, 6) is 0. The fourth-order valence-electron chi connectivity index (χ4n) is 1.32. The predicted molar refractivity (Wildman–Crippen MR) is 67.0 cm³/mol. The molecule has 1 N–H and O–H groups in total. The zero-order valence-corrected chi connectivity index (χ0v) is 10.2. The molecule has 0 fully saturated rings. The molecule has 0 heterocycles. The number of anilines is 1. The second kappa shape index (κ2) is 8.13. The molecule has 0 radical (unpaired) electrons. The minimum absolute atomic E-state index is 0.672. The van der Waals surface area contributed by atoms with E-state index in [1.54, 1.807) is 7.11 Å². The Labute approximate surface area is 97.8 Å². The molecule has 0 unspecified atom stereocenters. The van der Waals surface area contributed by atoms with Gasteiger partial charge in [-0.3, -0.25) is 0 Å². The largest absolute Gasteiger partial charge is 0.385 e. The van der Waals surface area contributed by atoms with Crippen molar-refractivity contribution in [3.05, 3.63) is 29.8 Å². The van der Waals surface area contributed by atoms with Crippen molar-refractivity contribution >= 4 is 5.69 Å². The van der Waals surface area contributed by atoms with Crippen molar-refractivity contribution in [3.8, 4) is 0 Å². The lowest BCUT2D eigenvalue weighted by Crippen LogP contribution is -2.08. The van der Waals surface area contributed by atoms with Gasteiger partial charge in [0, 0.05) is 25.9 Å². The van der Waals surface area contributed by atoms with Gasteiger partial charge in [-0.1, -0.05) is 17.7 Å². The van der Waals surface area contributed by atoms with E-state index in [9.17, 15) is 0 Å². The van der Waals surface area contributed by atoms with Gasteiger partial charge in [-0.15, -0.1) is 0 Å². The number of aryl methyl sites for hydroxylation is 1. The molecular weight excluding hydrogens is 202 g/mol. The van der Waals surface area contributed by atoms with E-state index in [-0.39, 0.29) is 0 Å². The van der Waals surface area contributed by atoms with Crippen LogP contribution < -0.4 is 5.32 Å². The predicted octanol–water partition coefficient (Wildman–Crippen LogP) is 2.46. The summed E-state index contributed by atoms with van der Waals surface area (Å²) in [7, 11) is 1.68. The number of benzene rings is 1. The van der Waals surface area contributed by atoms with Gasteiger partial charge in [-0.25, -0.2) is 0 Å². The van der Waals surface area contributed by atoms with E-state index < -0.39 is 0 Å². The highest BCUT2D eigenvalue weighted by molar-refractivity contribution is 5.44. The molecule has 90 valence electrons. The topological polar surface area (TPSA) is 30.5 Å². The van der Waals surface area contributed by atoms with Crippen molar-refractivity contribution < 1.29 is 9.47 Å². The number of hydrogen-bond acceptors (Lipinski definition) is 3. The molecule has 3 nitrogen and oxygen atoms in total. The third kappa shape index (κ3) is 5.73. The van der Waals surface area contributed by atoms with E-state index in [0.29, 0.717) is 13.2 Å². The maximum absolute atomic E-state index is 5.37. The summed E-state index contributed by atoms with van der Waals surface area (Å²) in [5, 5.41) is 3.35. The minimum atomic E-state index is 0.672. The molecular formula is C13H21NO2. The van der Waals surface area contributed by atoms with Crippen LogP contribution in [0.3, 0.4) is 0 Å². The summed E-state index contributed by atoms with van der Waals surface area (Å²) in [5.41, 5.74) is 2.45. The molecule has 0 spiro atoms. The van der Waals surface area contributed by atoms with Gasteiger partial charge in [-0.05, 0) is 25.5 Å². The summed E-state index contributed by atoms with van der Waals surface area (Å²) in [4.78, 5) is 0. The first-order chi connectivity index (χ1) is 7.83. The van der Waals surface area contributed by atoms with E-state index >= 15 is 0 Å². The second-order valence-electron chi connectivity index (χ2n) is 3.75. The van der Waals surface area contributed by atoms with Crippen LogP contribution in [0.25, 0.3) is 0 Å². The fourth-order valence-corrected chi connectivity index (χ4v) is 1.32. The van der Waals surface area contributed by atoms with Crippen molar-refractivity contribution in [2.45, 2.75) is 13.3 Å². The molecule has 0 aromatic heterocycles. The SMILES string of the molecule is COCCOCCCNc1ccc(C)cc1. The summed E-state index contributed by atoms with van der Waals surface area (Å²) in [6, 6.07) is 8.41. The average Bonchev–Trinajstić information content (AvgIpc) is 2.30. The molecule has 3 heteroatoms. The summed E-state index contributed by atoms with van der Waals surface area (Å²) < 4.78 is 10.3.